The molecule has 0 radical (unpaired) electrons. The molecule has 0 bridgehead atoms. The molecule has 2 rings (SSSR count). The highest BCUT2D eigenvalue weighted by molar-refractivity contribution is 6.31. The summed E-state index contributed by atoms with van der Waals surface area (Å²) in [5.74, 6) is -0.975. The zero-order chi connectivity index (χ0) is 13.4. The summed E-state index contributed by atoms with van der Waals surface area (Å²) < 4.78 is 1.59. The van der Waals surface area contributed by atoms with Crippen LogP contribution in [-0.2, 0) is 0 Å². The Bertz CT molecular complexity index is 632. The Labute approximate surface area is 110 Å². The SMILES string of the molecule is Cc1cccc(C(=O)O)c1-n1nc(C)c(Cl)c1C. The van der Waals surface area contributed by atoms with E-state index in [0.29, 0.717) is 16.4 Å². The molecule has 0 unspecified atom stereocenters. The smallest absolute Gasteiger partial charge is 0.337 e. The van der Waals surface area contributed by atoms with Gasteiger partial charge in [-0.2, -0.15) is 5.10 Å². The first-order valence-corrected chi connectivity index (χ1v) is 5.86. The third-order valence-corrected chi connectivity index (χ3v) is 3.43. The Kier molecular flexibility index (Phi) is 3.13. The molecule has 1 aromatic carbocycles. The number of benzene rings is 1. The van der Waals surface area contributed by atoms with Crippen molar-refractivity contribution in [3.63, 3.8) is 0 Å². The molecule has 0 aliphatic heterocycles. The Morgan fingerprint density at radius 2 is 2.00 bits per heavy atom. The lowest BCUT2D eigenvalue weighted by atomic mass is 10.1. The van der Waals surface area contributed by atoms with Gasteiger partial charge in [0, 0.05) is 0 Å². The summed E-state index contributed by atoms with van der Waals surface area (Å²) in [6.45, 7) is 5.47. The van der Waals surface area contributed by atoms with Crippen LogP contribution in [0.15, 0.2) is 18.2 Å². The molecule has 0 saturated carbocycles. The minimum absolute atomic E-state index is 0.220. The Hall–Kier alpha value is -1.81. The quantitative estimate of drug-likeness (QED) is 0.907. The third kappa shape index (κ3) is 1.88. The van der Waals surface area contributed by atoms with Crippen molar-refractivity contribution in [2.24, 2.45) is 0 Å². The molecule has 18 heavy (non-hydrogen) atoms. The molecular formula is C13H13ClN2O2. The van der Waals surface area contributed by atoms with Crippen LogP contribution >= 0.6 is 11.6 Å². The first kappa shape index (κ1) is 12.6. The van der Waals surface area contributed by atoms with E-state index in [1.54, 1.807) is 23.7 Å². The van der Waals surface area contributed by atoms with Gasteiger partial charge in [-0.25, -0.2) is 9.48 Å². The maximum absolute atomic E-state index is 11.3. The van der Waals surface area contributed by atoms with Gasteiger partial charge < -0.3 is 5.11 Å². The van der Waals surface area contributed by atoms with Crippen LogP contribution in [0, 0.1) is 20.8 Å². The fraction of sp³-hybridized carbons (Fsp3) is 0.231. The summed E-state index contributed by atoms with van der Waals surface area (Å²) in [4.78, 5) is 11.3. The molecule has 0 atom stereocenters. The van der Waals surface area contributed by atoms with E-state index in [0.717, 1.165) is 11.3 Å². The van der Waals surface area contributed by atoms with Crippen molar-refractivity contribution in [2.75, 3.05) is 0 Å². The topological polar surface area (TPSA) is 55.1 Å². The van der Waals surface area contributed by atoms with E-state index in [1.165, 1.54) is 0 Å². The minimum atomic E-state index is -0.975. The molecule has 1 N–H and O–H groups in total. The van der Waals surface area contributed by atoms with Crippen LogP contribution in [0.25, 0.3) is 5.69 Å². The van der Waals surface area contributed by atoms with Crippen LogP contribution in [0.1, 0.15) is 27.3 Å². The Balaban J connectivity index is 2.78. The predicted octanol–water partition coefficient (Wildman–Crippen LogP) is 3.15. The summed E-state index contributed by atoms with van der Waals surface area (Å²) in [6, 6.07) is 5.14. The Morgan fingerprint density at radius 3 is 2.50 bits per heavy atom. The molecule has 94 valence electrons. The van der Waals surface area contributed by atoms with E-state index in [9.17, 15) is 9.90 Å². The van der Waals surface area contributed by atoms with E-state index >= 15 is 0 Å². The number of rotatable bonds is 2. The van der Waals surface area contributed by atoms with Gasteiger partial charge in [-0.05, 0) is 32.4 Å². The predicted molar refractivity (Wildman–Crippen MR) is 69.7 cm³/mol. The number of hydrogen-bond acceptors (Lipinski definition) is 2. The number of nitrogens with zero attached hydrogens (tertiary/aromatic N) is 2. The summed E-state index contributed by atoms with van der Waals surface area (Å²) in [5.41, 5.74) is 3.06. The number of hydrogen-bond donors (Lipinski definition) is 1. The van der Waals surface area contributed by atoms with E-state index in [1.807, 2.05) is 19.9 Å². The first-order chi connectivity index (χ1) is 8.43. The molecule has 4 nitrogen and oxygen atoms in total. The summed E-state index contributed by atoms with van der Waals surface area (Å²) in [7, 11) is 0. The molecular weight excluding hydrogens is 252 g/mol. The second kappa shape index (κ2) is 4.46. The maximum Gasteiger partial charge on any atom is 0.337 e. The van der Waals surface area contributed by atoms with Gasteiger partial charge in [0.2, 0.25) is 0 Å². The van der Waals surface area contributed by atoms with Gasteiger partial charge in [0.25, 0.3) is 0 Å². The number of carboxylic acids is 1. The fourth-order valence-electron chi connectivity index (χ4n) is 1.95. The van der Waals surface area contributed by atoms with Crippen molar-refractivity contribution < 1.29 is 9.90 Å². The number of carbonyl (C=O) groups is 1. The highest BCUT2D eigenvalue weighted by Gasteiger charge is 2.18. The van der Waals surface area contributed by atoms with Gasteiger partial charge in [0.15, 0.2) is 0 Å². The van der Waals surface area contributed by atoms with Gasteiger partial charge in [-0.3, -0.25) is 0 Å². The molecule has 0 aliphatic rings. The average Bonchev–Trinajstić information content (AvgIpc) is 2.56. The fourth-order valence-corrected chi connectivity index (χ4v) is 2.07. The highest BCUT2D eigenvalue weighted by atomic mass is 35.5. The van der Waals surface area contributed by atoms with Gasteiger partial charge in [0.1, 0.15) is 0 Å². The largest absolute Gasteiger partial charge is 0.478 e. The lowest BCUT2D eigenvalue weighted by Gasteiger charge is -2.11. The molecule has 1 heterocycles. The number of aromatic carboxylic acids is 1. The normalized spacial score (nSPS) is 10.7. The molecule has 0 aliphatic carbocycles. The number of carboxylic acid groups (broad SMARTS) is 1. The van der Waals surface area contributed by atoms with Crippen LogP contribution in [0.5, 0.6) is 0 Å². The van der Waals surface area contributed by atoms with E-state index in [4.69, 9.17) is 11.6 Å². The highest BCUT2D eigenvalue weighted by Crippen LogP contribution is 2.26. The van der Waals surface area contributed by atoms with Gasteiger partial charge in [-0.1, -0.05) is 23.7 Å². The van der Waals surface area contributed by atoms with Crippen LogP contribution < -0.4 is 0 Å². The molecule has 2 aromatic rings. The lowest BCUT2D eigenvalue weighted by Crippen LogP contribution is -2.09. The third-order valence-electron chi connectivity index (χ3n) is 2.88. The van der Waals surface area contributed by atoms with Crippen molar-refractivity contribution in [1.29, 1.82) is 0 Å². The number of halogens is 1. The number of aromatic nitrogens is 2. The Morgan fingerprint density at radius 1 is 1.33 bits per heavy atom. The van der Waals surface area contributed by atoms with Crippen molar-refractivity contribution >= 4 is 17.6 Å². The molecule has 0 saturated heterocycles. The number of para-hydroxylation sites is 1. The van der Waals surface area contributed by atoms with E-state index in [-0.39, 0.29) is 5.56 Å². The van der Waals surface area contributed by atoms with Gasteiger partial charge in [0.05, 0.1) is 27.7 Å². The second-order valence-corrected chi connectivity index (χ2v) is 4.55. The van der Waals surface area contributed by atoms with Crippen LogP contribution in [0.2, 0.25) is 5.02 Å². The van der Waals surface area contributed by atoms with Crippen molar-refractivity contribution in [3.8, 4) is 5.69 Å². The van der Waals surface area contributed by atoms with Crippen LogP contribution in [0.3, 0.4) is 0 Å². The summed E-state index contributed by atoms with van der Waals surface area (Å²) in [6.07, 6.45) is 0. The average molecular weight is 265 g/mol. The van der Waals surface area contributed by atoms with Gasteiger partial charge >= 0.3 is 5.97 Å². The van der Waals surface area contributed by atoms with Gasteiger partial charge in [-0.15, -0.1) is 0 Å². The molecule has 0 spiro atoms. The zero-order valence-electron chi connectivity index (χ0n) is 10.4. The summed E-state index contributed by atoms with van der Waals surface area (Å²) in [5, 5.41) is 14.1. The van der Waals surface area contributed by atoms with E-state index in [2.05, 4.69) is 5.10 Å². The molecule has 0 amide bonds. The molecule has 1 aromatic heterocycles. The van der Waals surface area contributed by atoms with Crippen molar-refractivity contribution in [2.45, 2.75) is 20.8 Å². The standard InChI is InChI=1S/C13H13ClN2O2/c1-7-5-4-6-10(13(17)18)12(7)16-9(3)11(14)8(2)15-16/h4-6H,1-3H3,(H,17,18). The van der Waals surface area contributed by atoms with Crippen molar-refractivity contribution in [3.05, 3.63) is 45.7 Å². The minimum Gasteiger partial charge on any atom is -0.478 e. The molecule has 5 heteroatoms. The maximum atomic E-state index is 11.3. The monoisotopic (exact) mass is 264 g/mol. The zero-order valence-corrected chi connectivity index (χ0v) is 11.1. The van der Waals surface area contributed by atoms with E-state index < -0.39 is 5.97 Å². The second-order valence-electron chi connectivity index (χ2n) is 4.17. The van der Waals surface area contributed by atoms with Crippen molar-refractivity contribution in [1.82, 2.24) is 9.78 Å². The lowest BCUT2D eigenvalue weighted by molar-refractivity contribution is 0.0696. The van der Waals surface area contributed by atoms with Crippen LogP contribution in [-0.4, -0.2) is 20.9 Å². The molecule has 0 fully saturated rings. The summed E-state index contributed by atoms with van der Waals surface area (Å²) >= 11 is 6.10. The first-order valence-electron chi connectivity index (χ1n) is 5.48. The van der Waals surface area contributed by atoms with Crippen LogP contribution in [0.4, 0.5) is 0 Å². The number of aryl methyl sites for hydroxylation is 2.